The lowest BCUT2D eigenvalue weighted by atomic mass is 10.0. The minimum Gasteiger partial charge on any atom is -0.370 e. The molecule has 0 heterocycles. The van der Waals surface area contributed by atoms with Crippen molar-refractivity contribution in [1.29, 1.82) is 0 Å². The summed E-state index contributed by atoms with van der Waals surface area (Å²) in [5, 5.41) is 3.33. The predicted octanol–water partition coefficient (Wildman–Crippen LogP) is 3.80. The third-order valence-electron chi connectivity index (χ3n) is 4.28. The first-order valence-electron chi connectivity index (χ1n) is 8.94. The molecule has 0 aliphatic heterocycles. The Balaban J connectivity index is 2.16. The van der Waals surface area contributed by atoms with Gasteiger partial charge in [-0.3, -0.25) is 0 Å². The Kier molecular flexibility index (Phi) is 7.02. The maximum Gasteiger partial charge on any atom is 0.193 e. The third-order valence-corrected chi connectivity index (χ3v) is 4.28. The lowest BCUT2D eigenvalue weighted by molar-refractivity contribution is 0.401. The van der Waals surface area contributed by atoms with Crippen molar-refractivity contribution in [3.63, 3.8) is 0 Å². The summed E-state index contributed by atoms with van der Waals surface area (Å²) >= 11 is 0. The standard InChI is InChI=1S/C21H30N4/c1-5-16-12-9-13-17(6-2)20(16)24-21(22)23-14-18-10-7-8-11-19(18)15-25(3)4/h7-13H,5-6,14-15H2,1-4H3,(H3,22,23,24). The second kappa shape index (κ2) is 9.23. The Hall–Kier alpha value is -2.33. The van der Waals surface area contributed by atoms with Gasteiger partial charge >= 0.3 is 0 Å². The van der Waals surface area contributed by atoms with Crippen LogP contribution in [-0.4, -0.2) is 25.0 Å². The van der Waals surface area contributed by atoms with Crippen LogP contribution in [0.1, 0.15) is 36.1 Å². The van der Waals surface area contributed by atoms with E-state index >= 15 is 0 Å². The van der Waals surface area contributed by atoms with Crippen LogP contribution in [0.5, 0.6) is 0 Å². The van der Waals surface area contributed by atoms with Crippen LogP contribution in [0.25, 0.3) is 0 Å². The number of hydrogen-bond donors (Lipinski definition) is 2. The molecule has 2 rings (SSSR count). The zero-order valence-corrected chi connectivity index (χ0v) is 15.8. The Morgan fingerprint density at radius 3 is 2.04 bits per heavy atom. The van der Waals surface area contributed by atoms with Crippen LogP contribution in [-0.2, 0) is 25.9 Å². The van der Waals surface area contributed by atoms with Gasteiger partial charge in [0.2, 0.25) is 0 Å². The average Bonchev–Trinajstić information content (AvgIpc) is 2.60. The molecule has 0 amide bonds. The van der Waals surface area contributed by atoms with E-state index < -0.39 is 0 Å². The highest BCUT2D eigenvalue weighted by Gasteiger charge is 2.07. The number of nitrogens with two attached hydrogens (primary N) is 1. The van der Waals surface area contributed by atoms with Gasteiger partial charge in [0.05, 0.1) is 6.54 Å². The van der Waals surface area contributed by atoms with Crippen molar-refractivity contribution in [2.45, 2.75) is 39.8 Å². The van der Waals surface area contributed by atoms with E-state index in [1.165, 1.54) is 22.3 Å². The van der Waals surface area contributed by atoms with Crippen molar-refractivity contribution in [2.75, 3.05) is 19.4 Å². The normalized spacial score (nSPS) is 11.8. The highest BCUT2D eigenvalue weighted by Crippen LogP contribution is 2.22. The second-order valence-electron chi connectivity index (χ2n) is 6.49. The number of para-hydroxylation sites is 1. The monoisotopic (exact) mass is 338 g/mol. The van der Waals surface area contributed by atoms with Gasteiger partial charge in [-0.25, -0.2) is 4.99 Å². The molecule has 2 aromatic carbocycles. The summed E-state index contributed by atoms with van der Waals surface area (Å²) in [6.45, 7) is 5.80. The molecule has 0 unspecified atom stereocenters. The van der Waals surface area contributed by atoms with E-state index in [1.807, 2.05) is 0 Å². The lowest BCUT2D eigenvalue weighted by Gasteiger charge is -2.15. The van der Waals surface area contributed by atoms with Crippen LogP contribution in [0.15, 0.2) is 47.5 Å². The molecular formula is C21H30N4. The molecule has 2 aromatic rings. The summed E-state index contributed by atoms with van der Waals surface area (Å²) in [5.74, 6) is 0.468. The lowest BCUT2D eigenvalue weighted by Crippen LogP contribution is -2.24. The molecule has 4 nitrogen and oxygen atoms in total. The maximum absolute atomic E-state index is 6.18. The second-order valence-corrected chi connectivity index (χ2v) is 6.49. The number of aliphatic imine (C=N–C) groups is 1. The number of anilines is 1. The largest absolute Gasteiger partial charge is 0.370 e. The first kappa shape index (κ1) is 19.0. The number of hydrogen-bond acceptors (Lipinski definition) is 2. The van der Waals surface area contributed by atoms with Gasteiger partial charge in [0.15, 0.2) is 5.96 Å². The van der Waals surface area contributed by atoms with Crippen molar-refractivity contribution in [3.05, 3.63) is 64.7 Å². The van der Waals surface area contributed by atoms with Crippen LogP contribution in [0.3, 0.4) is 0 Å². The van der Waals surface area contributed by atoms with Crippen LogP contribution in [0.2, 0.25) is 0 Å². The molecule has 0 radical (unpaired) electrons. The van der Waals surface area contributed by atoms with Gasteiger partial charge in [-0.15, -0.1) is 0 Å². The van der Waals surface area contributed by atoms with Gasteiger partial charge in [-0.2, -0.15) is 0 Å². The summed E-state index contributed by atoms with van der Waals surface area (Å²) in [4.78, 5) is 6.74. The number of rotatable bonds is 7. The van der Waals surface area contributed by atoms with E-state index in [0.717, 1.165) is 25.1 Å². The first-order valence-corrected chi connectivity index (χ1v) is 8.94. The summed E-state index contributed by atoms with van der Waals surface area (Å²) in [6.07, 6.45) is 1.93. The predicted molar refractivity (Wildman–Crippen MR) is 108 cm³/mol. The van der Waals surface area contributed by atoms with Crippen molar-refractivity contribution >= 4 is 11.6 Å². The fraction of sp³-hybridized carbons (Fsp3) is 0.381. The van der Waals surface area contributed by atoms with Gasteiger partial charge in [-0.1, -0.05) is 56.3 Å². The summed E-state index contributed by atoms with van der Waals surface area (Å²) in [7, 11) is 4.15. The van der Waals surface area contributed by atoms with Crippen molar-refractivity contribution in [2.24, 2.45) is 10.7 Å². The molecular weight excluding hydrogens is 308 g/mol. The molecule has 0 saturated carbocycles. The molecule has 0 aliphatic carbocycles. The van der Waals surface area contributed by atoms with Crippen LogP contribution in [0.4, 0.5) is 5.69 Å². The van der Waals surface area contributed by atoms with Gasteiger partial charge in [0.1, 0.15) is 0 Å². The smallest absolute Gasteiger partial charge is 0.193 e. The molecule has 4 heteroatoms. The topological polar surface area (TPSA) is 53.6 Å². The van der Waals surface area contributed by atoms with Crippen LogP contribution >= 0.6 is 0 Å². The SMILES string of the molecule is CCc1cccc(CC)c1NC(N)=NCc1ccccc1CN(C)C. The van der Waals surface area contributed by atoms with E-state index in [-0.39, 0.29) is 0 Å². The molecule has 3 N–H and O–H groups in total. The molecule has 25 heavy (non-hydrogen) atoms. The van der Waals surface area contributed by atoms with E-state index in [9.17, 15) is 0 Å². The number of nitrogens with one attached hydrogen (secondary N) is 1. The van der Waals surface area contributed by atoms with Gasteiger partial charge in [0, 0.05) is 12.2 Å². The van der Waals surface area contributed by atoms with E-state index in [2.05, 4.69) is 85.6 Å². The Morgan fingerprint density at radius 2 is 1.48 bits per heavy atom. The Labute approximate surface area is 151 Å². The zero-order chi connectivity index (χ0) is 18.2. The molecule has 0 atom stereocenters. The van der Waals surface area contributed by atoms with Crippen LogP contribution < -0.4 is 11.1 Å². The first-order chi connectivity index (χ1) is 12.0. The zero-order valence-electron chi connectivity index (χ0n) is 15.8. The third kappa shape index (κ3) is 5.33. The average molecular weight is 338 g/mol. The minimum absolute atomic E-state index is 0.468. The molecule has 0 saturated heterocycles. The van der Waals surface area contributed by atoms with E-state index in [0.29, 0.717) is 12.5 Å². The number of guanidine groups is 1. The highest BCUT2D eigenvalue weighted by molar-refractivity contribution is 5.93. The number of nitrogens with zero attached hydrogens (tertiary/aromatic N) is 2. The number of benzene rings is 2. The molecule has 0 aliphatic rings. The fourth-order valence-electron chi connectivity index (χ4n) is 2.95. The van der Waals surface area contributed by atoms with Gasteiger partial charge in [-0.05, 0) is 49.2 Å². The summed E-state index contributed by atoms with van der Waals surface area (Å²) in [6, 6.07) is 14.8. The molecule has 0 aromatic heterocycles. The molecule has 134 valence electrons. The Bertz CT molecular complexity index is 697. The number of aryl methyl sites for hydroxylation is 2. The fourth-order valence-corrected chi connectivity index (χ4v) is 2.95. The van der Waals surface area contributed by atoms with E-state index in [4.69, 9.17) is 5.73 Å². The minimum atomic E-state index is 0.468. The van der Waals surface area contributed by atoms with E-state index in [1.54, 1.807) is 0 Å². The molecule has 0 spiro atoms. The van der Waals surface area contributed by atoms with Gasteiger partial charge < -0.3 is 16.0 Å². The molecule has 0 bridgehead atoms. The van der Waals surface area contributed by atoms with Crippen LogP contribution in [0, 0.1) is 0 Å². The summed E-state index contributed by atoms with van der Waals surface area (Å²) < 4.78 is 0. The van der Waals surface area contributed by atoms with Crippen molar-refractivity contribution < 1.29 is 0 Å². The maximum atomic E-state index is 6.18. The highest BCUT2D eigenvalue weighted by atomic mass is 15.1. The quantitative estimate of drug-likeness (QED) is 0.596. The summed E-state index contributed by atoms with van der Waals surface area (Å²) in [5.41, 5.74) is 12.3. The van der Waals surface area contributed by atoms with Crippen molar-refractivity contribution in [1.82, 2.24) is 4.90 Å². The molecule has 0 fully saturated rings. The Morgan fingerprint density at radius 1 is 0.920 bits per heavy atom. The van der Waals surface area contributed by atoms with Gasteiger partial charge in [0.25, 0.3) is 0 Å². The van der Waals surface area contributed by atoms with Crippen molar-refractivity contribution in [3.8, 4) is 0 Å².